The molecule has 0 amide bonds. The fourth-order valence-electron chi connectivity index (χ4n) is 1.52. The molecule has 2 aromatic rings. The van der Waals surface area contributed by atoms with Crippen molar-refractivity contribution in [2.45, 2.75) is 32.7 Å². The zero-order valence-electron chi connectivity index (χ0n) is 11.1. The Bertz CT molecular complexity index is 575. The molecule has 0 unspecified atom stereocenters. The van der Waals surface area contributed by atoms with Crippen LogP contribution in [0.25, 0.3) is 0 Å². The molecular weight excluding hydrogens is 327 g/mol. The van der Waals surface area contributed by atoms with Crippen molar-refractivity contribution >= 4 is 33.0 Å². The highest BCUT2D eigenvalue weighted by Gasteiger charge is 2.17. The van der Waals surface area contributed by atoms with Crippen molar-refractivity contribution in [2.24, 2.45) is 0 Å². The lowest BCUT2D eigenvalue weighted by atomic mass is 9.93. The summed E-state index contributed by atoms with van der Waals surface area (Å²) in [7, 11) is 0. The Morgan fingerprint density at radius 1 is 1.37 bits per heavy atom. The van der Waals surface area contributed by atoms with Crippen LogP contribution in [0.4, 0.5) is 10.1 Å². The molecule has 0 saturated carbocycles. The van der Waals surface area contributed by atoms with Gasteiger partial charge in [0.15, 0.2) is 0 Å². The standard InChI is InChI=1S/C14H16BrFN2S/c1-14(2,3)12-8-19-13(18-12)7-17-9-4-5-10(15)11(16)6-9/h4-6,8,17H,7H2,1-3H3. The Hall–Kier alpha value is -0.940. The van der Waals surface area contributed by atoms with Crippen LogP contribution in [0.3, 0.4) is 0 Å². The van der Waals surface area contributed by atoms with Crippen LogP contribution >= 0.6 is 27.3 Å². The lowest BCUT2D eigenvalue weighted by Gasteiger charge is -2.14. The van der Waals surface area contributed by atoms with Gasteiger partial charge in [-0.2, -0.15) is 0 Å². The first-order valence-electron chi connectivity index (χ1n) is 6.00. The largest absolute Gasteiger partial charge is 0.378 e. The average Bonchev–Trinajstić information content (AvgIpc) is 2.79. The topological polar surface area (TPSA) is 24.9 Å². The van der Waals surface area contributed by atoms with Crippen LogP contribution in [0.2, 0.25) is 0 Å². The second-order valence-corrected chi connectivity index (χ2v) is 7.16. The summed E-state index contributed by atoms with van der Waals surface area (Å²) in [5, 5.41) is 6.27. The van der Waals surface area contributed by atoms with Crippen molar-refractivity contribution in [3.63, 3.8) is 0 Å². The molecule has 0 spiro atoms. The highest BCUT2D eigenvalue weighted by Crippen LogP contribution is 2.25. The van der Waals surface area contributed by atoms with Crippen LogP contribution in [0.1, 0.15) is 31.5 Å². The lowest BCUT2D eigenvalue weighted by Crippen LogP contribution is -2.11. The Kier molecular flexibility index (Phi) is 4.26. The highest BCUT2D eigenvalue weighted by molar-refractivity contribution is 9.10. The molecule has 0 saturated heterocycles. The van der Waals surface area contributed by atoms with Gasteiger partial charge in [0.05, 0.1) is 16.7 Å². The first-order chi connectivity index (χ1) is 8.86. The minimum absolute atomic E-state index is 0.0679. The van der Waals surface area contributed by atoms with Crippen molar-refractivity contribution in [3.8, 4) is 0 Å². The molecule has 102 valence electrons. The quantitative estimate of drug-likeness (QED) is 0.853. The van der Waals surface area contributed by atoms with E-state index in [-0.39, 0.29) is 11.2 Å². The number of aromatic nitrogens is 1. The SMILES string of the molecule is CC(C)(C)c1csc(CNc2ccc(Br)c(F)c2)n1. The van der Waals surface area contributed by atoms with Crippen LogP contribution in [0, 0.1) is 5.82 Å². The summed E-state index contributed by atoms with van der Waals surface area (Å²) >= 11 is 4.76. The van der Waals surface area contributed by atoms with Crippen molar-refractivity contribution in [2.75, 3.05) is 5.32 Å². The number of halogens is 2. The number of benzene rings is 1. The van der Waals surface area contributed by atoms with E-state index in [1.165, 1.54) is 6.07 Å². The number of nitrogens with one attached hydrogen (secondary N) is 1. The molecular formula is C14H16BrFN2S. The first kappa shape index (κ1) is 14.5. The summed E-state index contributed by atoms with van der Waals surface area (Å²) in [4.78, 5) is 4.59. The van der Waals surface area contributed by atoms with E-state index in [9.17, 15) is 4.39 Å². The third-order valence-corrected chi connectivity index (χ3v) is 4.18. The second-order valence-electron chi connectivity index (χ2n) is 5.36. The summed E-state index contributed by atoms with van der Waals surface area (Å²) < 4.78 is 13.8. The Labute approximate surface area is 125 Å². The zero-order chi connectivity index (χ0) is 14.0. The Morgan fingerprint density at radius 3 is 2.68 bits per heavy atom. The third-order valence-electron chi connectivity index (χ3n) is 2.68. The summed E-state index contributed by atoms with van der Waals surface area (Å²) in [5.74, 6) is -0.264. The molecule has 0 atom stereocenters. The van der Waals surface area contributed by atoms with E-state index in [4.69, 9.17) is 0 Å². The molecule has 0 aliphatic rings. The fourth-order valence-corrected chi connectivity index (χ4v) is 2.73. The van der Waals surface area contributed by atoms with Crippen LogP contribution in [-0.4, -0.2) is 4.98 Å². The normalized spacial score (nSPS) is 11.6. The van der Waals surface area contributed by atoms with Crippen molar-refractivity contribution in [1.29, 1.82) is 0 Å². The minimum Gasteiger partial charge on any atom is -0.378 e. The molecule has 0 bridgehead atoms. The molecule has 2 nitrogen and oxygen atoms in total. The molecule has 1 aromatic heterocycles. The summed E-state index contributed by atoms with van der Waals surface area (Å²) in [6.45, 7) is 7.04. The van der Waals surface area contributed by atoms with Crippen LogP contribution in [-0.2, 0) is 12.0 Å². The summed E-state index contributed by atoms with van der Waals surface area (Å²) in [5.41, 5.74) is 1.92. The van der Waals surface area contributed by atoms with Gasteiger partial charge in [-0.05, 0) is 34.1 Å². The molecule has 5 heteroatoms. The molecule has 2 rings (SSSR count). The van der Waals surface area contributed by atoms with Crippen LogP contribution in [0.15, 0.2) is 28.1 Å². The van der Waals surface area contributed by atoms with Gasteiger partial charge in [-0.1, -0.05) is 20.8 Å². The molecule has 0 aliphatic heterocycles. The Morgan fingerprint density at radius 2 is 2.11 bits per heavy atom. The maximum atomic E-state index is 13.4. The predicted octanol–water partition coefficient (Wildman–Crippen LogP) is 4.95. The minimum atomic E-state index is -0.264. The number of anilines is 1. The van der Waals surface area contributed by atoms with Gasteiger partial charge in [0.2, 0.25) is 0 Å². The van der Waals surface area contributed by atoms with Gasteiger partial charge in [0, 0.05) is 16.5 Å². The molecule has 0 fully saturated rings. The maximum Gasteiger partial charge on any atom is 0.139 e. The number of thiazole rings is 1. The lowest BCUT2D eigenvalue weighted by molar-refractivity contribution is 0.571. The van der Waals surface area contributed by atoms with E-state index in [2.05, 4.69) is 52.4 Å². The van der Waals surface area contributed by atoms with Gasteiger partial charge in [0.1, 0.15) is 10.8 Å². The van der Waals surface area contributed by atoms with E-state index in [1.807, 2.05) is 6.07 Å². The Balaban J connectivity index is 2.02. The smallest absolute Gasteiger partial charge is 0.139 e. The van der Waals surface area contributed by atoms with Crippen molar-refractivity contribution < 1.29 is 4.39 Å². The fraction of sp³-hybridized carbons (Fsp3) is 0.357. The number of nitrogens with zero attached hydrogens (tertiary/aromatic N) is 1. The highest BCUT2D eigenvalue weighted by atomic mass is 79.9. The summed E-state index contributed by atoms with van der Waals surface area (Å²) in [6, 6.07) is 5.01. The van der Waals surface area contributed by atoms with Gasteiger partial charge in [-0.15, -0.1) is 11.3 Å². The van der Waals surface area contributed by atoms with E-state index in [1.54, 1.807) is 17.4 Å². The molecule has 1 heterocycles. The number of hydrogen-bond donors (Lipinski definition) is 1. The molecule has 1 N–H and O–H groups in total. The number of hydrogen-bond acceptors (Lipinski definition) is 3. The summed E-state index contributed by atoms with van der Waals surface area (Å²) in [6.07, 6.45) is 0. The molecule has 0 radical (unpaired) electrons. The molecule has 19 heavy (non-hydrogen) atoms. The van der Waals surface area contributed by atoms with E-state index >= 15 is 0 Å². The maximum absolute atomic E-state index is 13.4. The van der Waals surface area contributed by atoms with Gasteiger partial charge in [0.25, 0.3) is 0 Å². The van der Waals surface area contributed by atoms with Crippen molar-refractivity contribution in [3.05, 3.63) is 44.6 Å². The van der Waals surface area contributed by atoms with Crippen LogP contribution in [0.5, 0.6) is 0 Å². The monoisotopic (exact) mass is 342 g/mol. The van der Waals surface area contributed by atoms with E-state index in [0.29, 0.717) is 11.0 Å². The van der Waals surface area contributed by atoms with Gasteiger partial charge in [-0.3, -0.25) is 0 Å². The van der Waals surface area contributed by atoms with Gasteiger partial charge >= 0.3 is 0 Å². The number of rotatable bonds is 3. The molecule has 0 aliphatic carbocycles. The second kappa shape index (κ2) is 5.59. The third kappa shape index (κ3) is 3.76. The van der Waals surface area contributed by atoms with Crippen LogP contribution < -0.4 is 5.32 Å². The zero-order valence-corrected chi connectivity index (χ0v) is 13.5. The van der Waals surface area contributed by atoms with Gasteiger partial charge in [-0.25, -0.2) is 9.37 Å². The van der Waals surface area contributed by atoms with Gasteiger partial charge < -0.3 is 5.32 Å². The van der Waals surface area contributed by atoms with E-state index < -0.39 is 0 Å². The predicted molar refractivity (Wildman–Crippen MR) is 82.2 cm³/mol. The molecule has 1 aromatic carbocycles. The average molecular weight is 343 g/mol. The van der Waals surface area contributed by atoms with E-state index in [0.717, 1.165) is 16.4 Å². The van der Waals surface area contributed by atoms with Crippen molar-refractivity contribution in [1.82, 2.24) is 4.98 Å². The first-order valence-corrected chi connectivity index (χ1v) is 7.67.